The van der Waals surface area contributed by atoms with Crippen LogP contribution in [0.2, 0.25) is 0 Å². The van der Waals surface area contributed by atoms with Crippen molar-refractivity contribution in [2.75, 3.05) is 0 Å². The van der Waals surface area contributed by atoms with E-state index in [1.165, 1.54) is 0 Å². The number of carbonyl (C=O) groups excluding carboxylic acids is 2. The number of alkyl carbamates (subject to hydrolysis) is 1. The van der Waals surface area contributed by atoms with E-state index < -0.39 is 23.2 Å². The van der Waals surface area contributed by atoms with Crippen LogP contribution in [0.25, 0.3) is 0 Å². The summed E-state index contributed by atoms with van der Waals surface area (Å²) in [4.78, 5) is 23.2. The van der Waals surface area contributed by atoms with Crippen molar-refractivity contribution in [1.29, 1.82) is 0 Å². The Morgan fingerprint density at radius 2 is 1.70 bits per heavy atom. The second-order valence-electron chi connectivity index (χ2n) is 6.35. The highest BCUT2D eigenvalue weighted by molar-refractivity contribution is 5.75. The van der Waals surface area contributed by atoms with Crippen LogP contribution in [0, 0.1) is 0 Å². The van der Waals surface area contributed by atoms with Gasteiger partial charge in [0, 0.05) is 5.41 Å². The zero-order chi connectivity index (χ0) is 15.4. The van der Waals surface area contributed by atoms with Crippen LogP contribution in [-0.2, 0) is 14.9 Å². The van der Waals surface area contributed by atoms with Gasteiger partial charge in [-0.15, -0.1) is 0 Å². The molecule has 20 heavy (non-hydrogen) atoms. The molecule has 4 nitrogen and oxygen atoms in total. The van der Waals surface area contributed by atoms with Gasteiger partial charge in [0.15, 0.2) is 0 Å². The minimum absolute atomic E-state index is 0.514. The van der Waals surface area contributed by atoms with Crippen LogP contribution >= 0.6 is 0 Å². The summed E-state index contributed by atoms with van der Waals surface area (Å²) < 4.78 is 5.19. The first kappa shape index (κ1) is 16.2. The third kappa shape index (κ3) is 4.37. The van der Waals surface area contributed by atoms with Crippen LogP contribution < -0.4 is 5.32 Å². The van der Waals surface area contributed by atoms with Gasteiger partial charge in [0.25, 0.3) is 0 Å². The first-order valence-corrected chi connectivity index (χ1v) is 6.67. The molecule has 0 aliphatic rings. The molecule has 1 unspecified atom stereocenters. The fourth-order valence-corrected chi connectivity index (χ4v) is 1.87. The standard InChI is InChI=1S/C16H23NO3/c1-15(2,3)20-14(19)17-13(11-18)16(4,5)12-9-7-6-8-10-12/h6-11,13H,1-5H3,(H,17,19). The molecular formula is C16H23NO3. The molecule has 1 rings (SSSR count). The Morgan fingerprint density at radius 3 is 2.15 bits per heavy atom. The third-order valence-electron chi connectivity index (χ3n) is 3.10. The van der Waals surface area contributed by atoms with Gasteiger partial charge < -0.3 is 14.8 Å². The van der Waals surface area contributed by atoms with Crippen molar-refractivity contribution in [2.24, 2.45) is 0 Å². The number of amides is 1. The van der Waals surface area contributed by atoms with E-state index in [4.69, 9.17) is 4.74 Å². The molecule has 1 amide bonds. The molecule has 1 aromatic rings. The fourth-order valence-electron chi connectivity index (χ4n) is 1.87. The molecule has 0 fully saturated rings. The summed E-state index contributed by atoms with van der Waals surface area (Å²) >= 11 is 0. The van der Waals surface area contributed by atoms with Crippen LogP contribution in [0.5, 0.6) is 0 Å². The molecule has 110 valence electrons. The molecule has 0 aliphatic heterocycles. The van der Waals surface area contributed by atoms with Crippen molar-refractivity contribution in [3.05, 3.63) is 35.9 Å². The third-order valence-corrected chi connectivity index (χ3v) is 3.10. The van der Waals surface area contributed by atoms with Crippen molar-refractivity contribution in [1.82, 2.24) is 5.32 Å². The molecular weight excluding hydrogens is 254 g/mol. The number of nitrogens with one attached hydrogen (secondary N) is 1. The summed E-state index contributed by atoms with van der Waals surface area (Å²) in [6.45, 7) is 9.18. The van der Waals surface area contributed by atoms with Gasteiger partial charge in [-0.05, 0) is 26.3 Å². The molecule has 0 heterocycles. The van der Waals surface area contributed by atoms with Crippen LogP contribution in [0.4, 0.5) is 4.79 Å². The molecule has 1 atom stereocenters. The maximum Gasteiger partial charge on any atom is 0.408 e. The van der Waals surface area contributed by atoms with Crippen molar-refractivity contribution in [2.45, 2.75) is 51.7 Å². The summed E-state index contributed by atoms with van der Waals surface area (Å²) in [6, 6.07) is 8.95. The fraction of sp³-hybridized carbons (Fsp3) is 0.500. The molecule has 1 aromatic carbocycles. The molecule has 0 aliphatic carbocycles. The van der Waals surface area contributed by atoms with E-state index in [1.54, 1.807) is 20.8 Å². The van der Waals surface area contributed by atoms with E-state index >= 15 is 0 Å². The first-order valence-electron chi connectivity index (χ1n) is 6.67. The van der Waals surface area contributed by atoms with Gasteiger partial charge in [0.2, 0.25) is 0 Å². The Hall–Kier alpha value is -1.84. The average Bonchev–Trinajstić information content (AvgIpc) is 2.34. The summed E-state index contributed by atoms with van der Waals surface area (Å²) in [5.41, 5.74) is -0.123. The van der Waals surface area contributed by atoms with Gasteiger partial charge in [-0.2, -0.15) is 0 Å². The van der Waals surface area contributed by atoms with E-state index in [9.17, 15) is 9.59 Å². The van der Waals surface area contributed by atoms with Gasteiger partial charge >= 0.3 is 6.09 Å². The Morgan fingerprint density at radius 1 is 1.15 bits per heavy atom. The lowest BCUT2D eigenvalue weighted by molar-refractivity contribution is -0.110. The predicted octanol–water partition coefficient (Wildman–Crippen LogP) is 3.06. The van der Waals surface area contributed by atoms with Gasteiger partial charge in [-0.25, -0.2) is 4.79 Å². The van der Waals surface area contributed by atoms with Crippen LogP contribution in [0.3, 0.4) is 0 Å². The Balaban J connectivity index is 2.85. The van der Waals surface area contributed by atoms with E-state index in [1.807, 2.05) is 44.2 Å². The maximum absolute atomic E-state index is 11.8. The number of rotatable bonds is 4. The van der Waals surface area contributed by atoms with E-state index in [2.05, 4.69) is 5.32 Å². The number of carbonyl (C=O) groups is 2. The van der Waals surface area contributed by atoms with E-state index in [-0.39, 0.29) is 0 Å². The van der Waals surface area contributed by atoms with Crippen LogP contribution in [0.1, 0.15) is 40.2 Å². The molecule has 1 N–H and O–H groups in total. The molecule has 0 bridgehead atoms. The lowest BCUT2D eigenvalue weighted by Crippen LogP contribution is -2.49. The molecule has 0 saturated carbocycles. The van der Waals surface area contributed by atoms with Crippen LogP contribution in [-0.4, -0.2) is 24.0 Å². The number of aldehydes is 1. The highest BCUT2D eigenvalue weighted by Crippen LogP contribution is 2.26. The van der Waals surface area contributed by atoms with Crippen molar-refractivity contribution < 1.29 is 14.3 Å². The van der Waals surface area contributed by atoms with E-state index in [0.29, 0.717) is 0 Å². The summed E-state index contributed by atoms with van der Waals surface area (Å²) in [5.74, 6) is 0. The summed E-state index contributed by atoms with van der Waals surface area (Å²) in [5, 5.41) is 2.63. The van der Waals surface area contributed by atoms with Gasteiger partial charge in [0.1, 0.15) is 11.9 Å². The summed E-state index contributed by atoms with van der Waals surface area (Å²) in [7, 11) is 0. The summed E-state index contributed by atoms with van der Waals surface area (Å²) in [6.07, 6.45) is 0.162. The molecule has 0 saturated heterocycles. The van der Waals surface area contributed by atoms with E-state index in [0.717, 1.165) is 11.8 Å². The van der Waals surface area contributed by atoms with Crippen molar-refractivity contribution >= 4 is 12.4 Å². The van der Waals surface area contributed by atoms with Gasteiger partial charge in [0.05, 0.1) is 6.04 Å². The monoisotopic (exact) mass is 277 g/mol. The number of ether oxygens (including phenoxy) is 1. The zero-order valence-corrected chi connectivity index (χ0v) is 12.8. The quantitative estimate of drug-likeness (QED) is 0.861. The molecule has 4 heteroatoms. The highest BCUT2D eigenvalue weighted by atomic mass is 16.6. The normalized spacial score (nSPS) is 13.4. The Kier molecular flexibility index (Phi) is 4.93. The molecule has 0 aromatic heterocycles. The van der Waals surface area contributed by atoms with Gasteiger partial charge in [-0.1, -0.05) is 44.2 Å². The SMILES string of the molecule is CC(C)(C)OC(=O)NC(C=O)C(C)(C)c1ccccc1. The van der Waals surface area contributed by atoms with Crippen molar-refractivity contribution in [3.8, 4) is 0 Å². The topological polar surface area (TPSA) is 55.4 Å². The highest BCUT2D eigenvalue weighted by Gasteiger charge is 2.33. The average molecular weight is 277 g/mol. The predicted molar refractivity (Wildman–Crippen MR) is 78.7 cm³/mol. The minimum Gasteiger partial charge on any atom is -0.444 e. The first-order chi connectivity index (χ1) is 9.16. The zero-order valence-electron chi connectivity index (χ0n) is 12.8. The smallest absolute Gasteiger partial charge is 0.408 e. The number of hydrogen-bond acceptors (Lipinski definition) is 3. The molecule has 0 radical (unpaired) electrons. The Labute approximate surface area is 120 Å². The van der Waals surface area contributed by atoms with Crippen LogP contribution in [0.15, 0.2) is 30.3 Å². The minimum atomic E-state index is -0.653. The Bertz CT molecular complexity index is 460. The molecule has 0 spiro atoms. The number of benzene rings is 1. The second-order valence-corrected chi connectivity index (χ2v) is 6.35. The lowest BCUT2D eigenvalue weighted by Gasteiger charge is -2.32. The van der Waals surface area contributed by atoms with Crippen molar-refractivity contribution in [3.63, 3.8) is 0 Å². The number of hydrogen-bond donors (Lipinski definition) is 1. The largest absolute Gasteiger partial charge is 0.444 e. The second kappa shape index (κ2) is 6.07. The maximum atomic E-state index is 11.8. The van der Waals surface area contributed by atoms with Gasteiger partial charge in [-0.3, -0.25) is 0 Å². The lowest BCUT2D eigenvalue weighted by atomic mass is 9.78.